The van der Waals surface area contributed by atoms with Crippen LogP contribution in [0, 0.1) is 0 Å². The summed E-state index contributed by atoms with van der Waals surface area (Å²) < 4.78 is 11.3. The molecule has 5 nitrogen and oxygen atoms in total. The van der Waals surface area contributed by atoms with Crippen molar-refractivity contribution in [2.24, 2.45) is 0 Å². The van der Waals surface area contributed by atoms with Crippen LogP contribution in [-0.4, -0.2) is 23.4 Å². The summed E-state index contributed by atoms with van der Waals surface area (Å²) in [6, 6.07) is 5.85. The Morgan fingerprint density at radius 2 is 2.05 bits per heavy atom. The van der Waals surface area contributed by atoms with Gasteiger partial charge in [-0.1, -0.05) is 19.9 Å². The van der Waals surface area contributed by atoms with Gasteiger partial charge in [-0.25, -0.2) is 0 Å². The number of nitrogen functional groups attached to an aromatic ring is 1. The highest BCUT2D eigenvalue weighted by Crippen LogP contribution is 2.42. The molecule has 0 aliphatic carbocycles. The van der Waals surface area contributed by atoms with Gasteiger partial charge in [0.1, 0.15) is 19.0 Å². The van der Waals surface area contributed by atoms with Crippen molar-refractivity contribution in [3.05, 3.63) is 23.8 Å². The molecule has 19 heavy (non-hydrogen) atoms. The van der Waals surface area contributed by atoms with Crippen LogP contribution in [0.25, 0.3) is 11.3 Å². The lowest BCUT2D eigenvalue weighted by atomic mass is 9.98. The summed E-state index contributed by atoms with van der Waals surface area (Å²) in [6.45, 7) is 5.33. The lowest BCUT2D eigenvalue weighted by Gasteiger charge is -2.21. The molecule has 0 fully saturated rings. The second kappa shape index (κ2) is 4.50. The molecule has 0 saturated carbocycles. The van der Waals surface area contributed by atoms with E-state index < -0.39 is 0 Å². The lowest BCUT2D eigenvalue weighted by Crippen LogP contribution is -2.16. The predicted octanol–water partition coefficient (Wildman–Crippen LogP) is 2.55. The summed E-state index contributed by atoms with van der Waals surface area (Å²) >= 11 is 0. The number of hydrogen-bond donors (Lipinski definition) is 2. The molecule has 5 heteroatoms. The van der Waals surface area contributed by atoms with E-state index in [0.29, 0.717) is 19.0 Å². The van der Waals surface area contributed by atoms with Crippen molar-refractivity contribution >= 4 is 5.82 Å². The molecule has 0 radical (unpaired) electrons. The summed E-state index contributed by atoms with van der Waals surface area (Å²) in [5, 5.41) is 7.13. The maximum atomic E-state index is 5.94. The largest absolute Gasteiger partial charge is 0.486 e. The maximum Gasteiger partial charge on any atom is 0.170 e. The molecule has 0 atom stereocenters. The standard InChI is InChI=1S/C14H17N3O2/c1-8(2)11-12(16-17-14(11)15)9-4-3-5-10-13(9)19-7-6-18-10/h3-5,8H,6-7H2,1-2H3,(H3,15,16,17). The molecule has 0 unspecified atom stereocenters. The van der Waals surface area contributed by atoms with Crippen LogP contribution >= 0.6 is 0 Å². The first-order chi connectivity index (χ1) is 9.18. The first kappa shape index (κ1) is 11.9. The van der Waals surface area contributed by atoms with Crippen molar-refractivity contribution in [2.45, 2.75) is 19.8 Å². The van der Waals surface area contributed by atoms with Gasteiger partial charge in [-0.15, -0.1) is 0 Å². The lowest BCUT2D eigenvalue weighted by molar-refractivity contribution is 0.172. The Balaban J connectivity index is 2.18. The molecule has 2 heterocycles. The van der Waals surface area contributed by atoms with Crippen molar-refractivity contribution in [3.8, 4) is 22.8 Å². The Bertz CT molecular complexity index is 605. The normalized spacial score (nSPS) is 13.8. The Hall–Kier alpha value is -2.17. The third kappa shape index (κ3) is 1.91. The number of para-hydroxylation sites is 1. The molecule has 100 valence electrons. The molecule has 1 aliphatic rings. The van der Waals surface area contributed by atoms with Crippen molar-refractivity contribution < 1.29 is 9.47 Å². The average molecular weight is 259 g/mol. The molecule has 3 N–H and O–H groups in total. The van der Waals surface area contributed by atoms with E-state index in [2.05, 4.69) is 24.0 Å². The number of nitrogens with one attached hydrogen (secondary N) is 1. The van der Waals surface area contributed by atoms with Gasteiger partial charge in [-0.05, 0) is 18.1 Å². The smallest absolute Gasteiger partial charge is 0.170 e. The number of H-pyrrole nitrogens is 1. The van der Waals surface area contributed by atoms with Crippen LogP contribution in [0.15, 0.2) is 18.2 Å². The number of rotatable bonds is 2. The SMILES string of the molecule is CC(C)c1c(N)n[nH]c1-c1cccc2c1OCCO2. The van der Waals surface area contributed by atoms with Crippen molar-refractivity contribution in [1.82, 2.24) is 10.2 Å². The number of aromatic nitrogens is 2. The maximum absolute atomic E-state index is 5.94. The molecule has 2 aromatic rings. The molecule has 1 aromatic carbocycles. The number of fused-ring (bicyclic) bond motifs is 1. The Morgan fingerprint density at radius 3 is 2.84 bits per heavy atom. The minimum absolute atomic E-state index is 0.286. The second-order valence-electron chi connectivity index (χ2n) is 4.88. The Kier molecular flexibility index (Phi) is 2.81. The van der Waals surface area contributed by atoms with E-state index in [4.69, 9.17) is 15.2 Å². The van der Waals surface area contributed by atoms with Gasteiger partial charge in [0.25, 0.3) is 0 Å². The molecule has 0 amide bonds. The van der Waals surface area contributed by atoms with Gasteiger partial charge in [-0.3, -0.25) is 5.10 Å². The summed E-state index contributed by atoms with van der Waals surface area (Å²) in [6.07, 6.45) is 0. The van der Waals surface area contributed by atoms with E-state index in [1.54, 1.807) is 0 Å². The molecule has 3 rings (SSSR count). The van der Waals surface area contributed by atoms with Crippen molar-refractivity contribution in [1.29, 1.82) is 0 Å². The van der Waals surface area contributed by atoms with Crippen LogP contribution in [-0.2, 0) is 0 Å². The van der Waals surface area contributed by atoms with E-state index in [-0.39, 0.29) is 5.92 Å². The zero-order valence-electron chi connectivity index (χ0n) is 11.1. The van der Waals surface area contributed by atoms with Crippen LogP contribution in [0.3, 0.4) is 0 Å². The third-order valence-electron chi connectivity index (χ3n) is 3.25. The van der Waals surface area contributed by atoms with E-state index >= 15 is 0 Å². The summed E-state index contributed by atoms with van der Waals surface area (Å²) in [4.78, 5) is 0. The van der Waals surface area contributed by atoms with Crippen LogP contribution in [0.2, 0.25) is 0 Å². The highest BCUT2D eigenvalue weighted by Gasteiger charge is 2.22. The Morgan fingerprint density at radius 1 is 1.26 bits per heavy atom. The van der Waals surface area contributed by atoms with Gasteiger partial charge < -0.3 is 15.2 Å². The van der Waals surface area contributed by atoms with E-state index in [1.807, 2.05) is 18.2 Å². The average Bonchev–Trinajstić information content (AvgIpc) is 2.80. The monoisotopic (exact) mass is 259 g/mol. The quantitative estimate of drug-likeness (QED) is 0.869. The number of hydrogen-bond acceptors (Lipinski definition) is 4. The third-order valence-corrected chi connectivity index (χ3v) is 3.25. The summed E-state index contributed by atoms with van der Waals surface area (Å²) in [5.41, 5.74) is 8.82. The summed E-state index contributed by atoms with van der Waals surface area (Å²) in [7, 11) is 0. The number of nitrogens with two attached hydrogens (primary N) is 1. The molecule has 0 saturated heterocycles. The fourth-order valence-corrected chi connectivity index (χ4v) is 2.42. The first-order valence-corrected chi connectivity index (χ1v) is 6.41. The van der Waals surface area contributed by atoms with Crippen LogP contribution in [0.5, 0.6) is 11.5 Å². The van der Waals surface area contributed by atoms with Gasteiger partial charge in [-0.2, -0.15) is 5.10 Å². The second-order valence-corrected chi connectivity index (χ2v) is 4.88. The molecular formula is C14H17N3O2. The zero-order valence-corrected chi connectivity index (χ0v) is 11.1. The zero-order chi connectivity index (χ0) is 13.4. The minimum Gasteiger partial charge on any atom is -0.486 e. The van der Waals surface area contributed by atoms with Crippen molar-refractivity contribution in [2.75, 3.05) is 18.9 Å². The number of benzene rings is 1. The van der Waals surface area contributed by atoms with E-state index in [0.717, 1.165) is 28.3 Å². The van der Waals surface area contributed by atoms with Crippen LogP contribution in [0.1, 0.15) is 25.3 Å². The fraction of sp³-hybridized carbons (Fsp3) is 0.357. The number of nitrogens with zero attached hydrogens (tertiary/aromatic N) is 1. The van der Waals surface area contributed by atoms with Crippen molar-refractivity contribution in [3.63, 3.8) is 0 Å². The fourth-order valence-electron chi connectivity index (χ4n) is 2.42. The molecule has 0 spiro atoms. The van der Waals surface area contributed by atoms with Crippen LogP contribution < -0.4 is 15.2 Å². The molecule has 0 bridgehead atoms. The molecular weight excluding hydrogens is 242 g/mol. The van der Waals surface area contributed by atoms with E-state index in [9.17, 15) is 0 Å². The summed E-state index contributed by atoms with van der Waals surface area (Å²) in [5.74, 6) is 2.36. The highest BCUT2D eigenvalue weighted by atomic mass is 16.6. The molecule has 1 aliphatic heterocycles. The van der Waals surface area contributed by atoms with Gasteiger partial charge in [0.05, 0.1) is 5.69 Å². The Labute approximate surface area is 111 Å². The number of aromatic amines is 1. The van der Waals surface area contributed by atoms with E-state index in [1.165, 1.54) is 0 Å². The van der Waals surface area contributed by atoms with Gasteiger partial charge in [0.15, 0.2) is 11.5 Å². The number of ether oxygens (including phenoxy) is 2. The minimum atomic E-state index is 0.286. The van der Waals surface area contributed by atoms with Gasteiger partial charge >= 0.3 is 0 Å². The predicted molar refractivity (Wildman–Crippen MR) is 73.5 cm³/mol. The van der Waals surface area contributed by atoms with Crippen LogP contribution in [0.4, 0.5) is 5.82 Å². The van der Waals surface area contributed by atoms with Gasteiger partial charge in [0, 0.05) is 11.1 Å². The highest BCUT2D eigenvalue weighted by molar-refractivity contribution is 5.76. The topological polar surface area (TPSA) is 73.2 Å². The molecule has 1 aromatic heterocycles. The number of anilines is 1. The van der Waals surface area contributed by atoms with Gasteiger partial charge in [0.2, 0.25) is 0 Å². The first-order valence-electron chi connectivity index (χ1n) is 6.41.